The summed E-state index contributed by atoms with van der Waals surface area (Å²) in [5.74, 6) is -2.21. The summed E-state index contributed by atoms with van der Waals surface area (Å²) >= 11 is 0. The topological polar surface area (TPSA) is 66.9 Å². The van der Waals surface area contributed by atoms with Crippen LogP contribution in [0.5, 0.6) is 0 Å². The molecule has 0 aliphatic heterocycles. The quantitative estimate of drug-likeness (QED) is 0.834. The maximum atomic E-state index is 13.5. The third-order valence-electron chi connectivity index (χ3n) is 2.69. The molecule has 0 unspecified atom stereocenters. The minimum atomic E-state index is -0.857. The minimum Gasteiger partial charge on any atom is -0.351 e. The number of aromatic nitrogens is 2. The highest BCUT2D eigenvalue weighted by Gasteiger charge is 2.15. The van der Waals surface area contributed by atoms with Gasteiger partial charge in [-0.15, -0.1) is 6.58 Å². The van der Waals surface area contributed by atoms with Gasteiger partial charge in [0.1, 0.15) is 23.0 Å². The van der Waals surface area contributed by atoms with E-state index in [0.29, 0.717) is 12.2 Å². The first-order chi connectivity index (χ1) is 10.5. The molecule has 0 saturated heterocycles. The fourth-order valence-corrected chi connectivity index (χ4v) is 1.72. The molecule has 2 aromatic rings. The van der Waals surface area contributed by atoms with E-state index in [9.17, 15) is 13.6 Å². The summed E-state index contributed by atoms with van der Waals surface area (Å²) in [5, 5.41) is 5.03. The number of hydrogen-bond acceptors (Lipinski definition) is 4. The summed E-state index contributed by atoms with van der Waals surface area (Å²) < 4.78 is 27.1. The second kappa shape index (κ2) is 6.75. The minimum absolute atomic E-state index is 0.00159. The molecule has 114 valence electrons. The molecule has 7 heteroatoms. The maximum absolute atomic E-state index is 13.5. The average molecular weight is 304 g/mol. The molecule has 5 nitrogen and oxygen atoms in total. The largest absolute Gasteiger partial charge is 0.351 e. The van der Waals surface area contributed by atoms with Gasteiger partial charge in [-0.1, -0.05) is 12.1 Å². The fraction of sp³-hybridized carbons (Fsp3) is 0.133. The van der Waals surface area contributed by atoms with Gasteiger partial charge in [0.15, 0.2) is 0 Å². The Balaban J connectivity index is 2.26. The summed E-state index contributed by atoms with van der Waals surface area (Å²) in [6.07, 6.45) is 1.61. The second-order valence-corrected chi connectivity index (χ2v) is 4.44. The van der Waals surface area contributed by atoms with Gasteiger partial charge in [0.05, 0.1) is 0 Å². The highest BCUT2D eigenvalue weighted by atomic mass is 19.1. The molecular weight excluding hydrogens is 290 g/mol. The van der Waals surface area contributed by atoms with Crippen LogP contribution in [-0.2, 0) is 0 Å². The van der Waals surface area contributed by atoms with Crippen molar-refractivity contribution in [1.29, 1.82) is 0 Å². The van der Waals surface area contributed by atoms with Gasteiger partial charge in [-0.05, 0) is 25.1 Å². The molecule has 22 heavy (non-hydrogen) atoms. The molecule has 0 aliphatic carbocycles. The van der Waals surface area contributed by atoms with Crippen molar-refractivity contribution in [3.05, 3.63) is 59.9 Å². The summed E-state index contributed by atoms with van der Waals surface area (Å²) in [6.45, 7) is 5.66. The molecule has 0 radical (unpaired) electrons. The van der Waals surface area contributed by atoms with Gasteiger partial charge in [0, 0.05) is 12.2 Å². The van der Waals surface area contributed by atoms with Crippen molar-refractivity contribution in [2.75, 3.05) is 17.2 Å². The number of para-hydroxylation sites is 1. The van der Waals surface area contributed by atoms with E-state index in [0.717, 1.165) is 12.1 Å². The van der Waals surface area contributed by atoms with Crippen LogP contribution in [0.4, 0.5) is 20.4 Å². The van der Waals surface area contributed by atoms with E-state index in [1.54, 1.807) is 13.0 Å². The summed E-state index contributed by atoms with van der Waals surface area (Å²) in [7, 11) is 0. The Kier molecular flexibility index (Phi) is 4.77. The van der Waals surface area contributed by atoms with Gasteiger partial charge in [0.25, 0.3) is 5.91 Å². The second-order valence-electron chi connectivity index (χ2n) is 4.44. The molecule has 0 aliphatic rings. The smallest absolute Gasteiger partial charge is 0.274 e. The number of carbonyl (C=O) groups is 1. The first-order valence-corrected chi connectivity index (χ1v) is 6.47. The lowest BCUT2D eigenvalue weighted by Gasteiger charge is -2.09. The van der Waals surface area contributed by atoms with Crippen molar-refractivity contribution in [3.63, 3.8) is 0 Å². The van der Waals surface area contributed by atoms with E-state index in [1.807, 2.05) is 0 Å². The predicted octanol–water partition coefficient (Wildman–Crippen LogP) is 2.91. The molecule has 1 heterocycles. The lowest BCUT2D eigenvalue weighted by atomic mass is 10.2. The number of halogens is 2. The Labute approximate surface area is 126 Å². The molecule has 1 aromatic heterocycles. The predicted molar refractivity (Wildman–Crippen MR) is 79.8 cm³/mol. The molecule has 0 saturated carbocycles. The van der Waals surface area contributed by atoms with Gasteiger partial charge in [-0.3, -0.25) is 4.79 Å². The van der Waals surface area contributed by atoms with E-state index in [4.69, 9.17) is 0 Å². The zero-order valence-electron chi connectivity index (χ0n) is 11.9. The number of benzene rings is 1. The van der Waals surface area contributed by atoms with Crippen LogP contribution in [0.2, 0.25) is 0 Å². The summed E-state index contributed by atoms with van der Waals surface area (Å²) in [4.78, 5) is 20.2. The van der Waals surface area contributed by atoms with Crippen molar-refractivity contribution in [3.8, 4) is 0 Å². The van der Waals surface area contributed by atoms with Crippen LogP contribution in [0.3, 0.4) is 0 Å². The first-order valence-electron chi connectivity index (χ1n) is 6.47. The average Bonchev–Trinajstić information content (AvgIpc) is 2.48. The molecule has 2 rings (SSSR count). The van der Waals surface area contributed by atoms with Crippen LogP contribution in [0.15, 0.2) is 36.9 Å². The number of rotatable bonds is 5. The third kappa shape index (κ3) is 3.63. The Morgan fingerprint density at radius 3 is 2.64 bits per heavy atom. The number of aryl methyl sites for hydroxylation is 1. The summed E-state index contributed by atoms with van der Waals surface area (Å²) in [6, 6.07) is 4.75. The van der Waals surface area contributed by atoms with Gasteiger partial charge in [0.2, 0.25) is 5.95 Å². The maximum Gasteiger partial charge on any atom is 0.274 e. The molecule has 1 amide bonds. The number of nitrogens with zero attached hydrogens (tertiary/aromatic N) is 2. The van der Waals surface area contributed by atoms with Gasteiger partial charge >= 0.3 is 0 Å². The van der Waals surface area contributed by atoms with Crippen LogP contribution in [0.1, 0.15) is 16.2 Å². The van der Waals surface area contributed by atoms with E-state index in [2.05, 4.69) is 27.2 Å². The van der Waals surface area contributed by atoms with E-state index in [-0.39, 0.29) is 11.6 Å². The number of amides is 1. The Bertz CT molecular complexity index is 698. The van der Waals surface area contributed by atoms with E-state index >= 15 is 0 Å². The zero-order chi connectivity index (χ0) is 16.1. The number of nitrogens with one attached hydrogen (secondary N) is 2. The number of anilines is 2. The molecule has 0 spiro atoms. The SMILES string of the molecule is C=CCNc1nc(C)cc(C(=O)Nc2c(F)cccc2F)n1. The van der Waals surface area contributed by atoms with Crippen LogP contribution >= 0.6 is 0 Å². The highest BCUT2D eigenvalue weighted by Crippen LogP contribution is 2.19. The Morgan fingerprint density at radius 2 is 2.00 bits per heavy atom. The third-order valence-corrected chi connectivity index (χ3v) is 2.69. The van der Waals surface area contributed by atoms with Gasteiger partial charge in [-0.25, -0.2) is 18.7 Å². The van der Waals surface area contributed by atoms with Crippen molar-refractivity contribution < 1.29 is 13.6 Å². The van der Waals surface area contributed by atoms with Gasteiger partial charge < -0.3 is 10.6 Å². The van der Waals surface area contributed by atoms with E-state index < -0.39 is 23.2 Å². The molecule has 0 bridgehead atoms. The van der Waals surface area contributed by atoms with E-state index in [1.165, 1.54) is 12.1 Å². The fourth-order valence-electron chi connectivity index (χ4n) is 1.72. The highest BCUT2D eigenvalue weighted by molar-refractivity contribution is 6.03. The van der Waals surface area contributed by atoms with Crippen molar-refractivity contribution >= 4 is 17.5 Å². The van der Waals surface area contributed by atoms with Crippen LogP contribution < -0.4 is 10.6 Å². The lowest BCUT2D eigenvalue weighted by Crippen LogP contribution is -2.17. The first kappa shape index (κ1) is 15.6. The zero-order valence-corrected chi connectivity index (χ0v) is 11.9. The van der Waals surface area contributed by atoms with Crippen molar-refractivity contribution in [2.45, 2.75) is 6.92 Å². The van der Waals surface area contributed by atoms with Crippen molar-refractivity contribution in [2.24, 2.45) is 0 Å². The van der Waals surface area contributed by atoms with Crippen LogP contribution in [-0.4, -0.2) is 22.4 Å². The lowest BCUT2D eigenvalue weighted by molar-refractivity contribution is 0.102. The molecule has 1 aromatic carbocycles. The monoisotopic (exact) mass is 304 g/mol. The molecule has 0 atom stereocenters. The number of carbonyl (C=O) groups excluding carboxylic acids is 1. The normalized spacial score (nSPS) is 10.1. The number of hydrogen-bond donors (Lipinski definition) is 2. The molecule has 0 fully saturated rings. The van der Waals surface area contributed by atoms with Crippen LogP contribution in [0.25, 0.3) is 0 Å². The summed E-state index contributed by atoms with van der Waals surface area (Å²) in [5.41, 5.74) is 0.0341. The standard InChI is InChI=1S/C15H14F2N4O/c1-3-7-18-15-19-9(2)8-12(20-15)14(22)21-13-10(16)5-4-6-11(13)17/h3-6,8H,1,7H2,2H3,(H,21,22)(H,18,19,20). The molecule has 2 N–H and O–H groups in total. The molecular formula is C15H14F2N4O. The van der Waals surface area contributed by atoms with Gasteiger partial charge in [-0.2, -0.15) is 0 Å². The Morgan fingerprint density at radius 1 is 1.32 bits per heavy atom. The Hall–Kier alpha value is -2.83. The van der Waals surface area contributed by atoms with Crippen LogP contribution in [0, 0.1) is 18.6 Å². The van der Waals surface area contributed by atoms with Crippen molar-refractivity contribution in [1.82, 2.24) is 9.97 Å².